The Morgan fingerprint density at radius 3 is 2.90 bits per heavy atom. The zero-order chi connectivity index (χ0) is 14.8. The summed E-state index contributed by atoms with van der Waals surface area (Å²) >= 11 is 3.35. The Bertz CT molecular complexity index is 509. The Morgan fingerprint density at radius 2 is 2.30 bits per heavy atom. The lowest BCUT2D eigenvalue weighted by Crippen LogP contribution is -2.50. The monoisotopic (exact) mass is 343 g/mol. The molecule has 0 spiro atoms. The predicted molar refractivity (Wildman–Crippen MR) is 79.0 cm³/mol. The van der Waals surface area contributed by atoms with Crippen LogP contribution in [0.15, 0.2) is 22.7 Å². The maximum atomic E-state index is 13.1. The average molecular weight is 344 g/mol. The fourth-order valence-corrected chi connectivity index (χ4v) is 3.54. The third-order valence-corrected chi connectivity index (χ3v) is 4.80. The number of nitrogens with zero attached hydrogens (tertiary/aromatic N) is 1. The molecular weight excluding hydrogens is 325 g/mol. The molecule has 0 bridgehead atoms. The molecule has 1 fully saturated rings. The Labute approximate surface area is 126 Å². The van der Waals surface area contributed by atoms with Gasteiger partial charge in [-0.25, -0.2) is 4.39 Å². The van der Waals surface area contributed by atoms with Crippen LogP contribution in [0.2, 0.25) is 0 Å². The molecule has 1 atom stereocenters. The molecule has 1 unspecified atom stereocenters. The summed E-state index contributed by atoms with van der Waals surface area (Å²) in [4.78, 5) is 13.8. The highest BCUT2D eigenvalue weighted by Crippen LogP contribution is 2.36. The highest BCUT2D eigenvalue weighted by Gasteiger charge is 2.46. The topological polar surface area (TPSA) is 40.5 Å². The van der Waals surface area contributed by atoms with Gasteiger partial charge in [-0.15, -0.1) is 0 Å². The first-order valence-electron chi connectivity index (χ1n) is 6.92. The zero-order valence-corrected chi connectivity index (χ0v) is 13.1. The normalized spacial score (nSPS) is 23.1. The number of hydrogen-bond acceptors (Lipinski definition) is 2. The molecule has 0 amide bonds. The molecule has 1 aromatic rings. The van der Waals surface area contributed by atoms with Crippen LogP contribution in [-0.2, 0) is 11.3 Å². The van der Waals surface area contributed by atoms with Gasteiger partial charge >= 0.3 is 5.97 Å². The molecule has 110 valence electrons. The first-order chi connectivity index (χ1) is 9.49. The summed E-state index contributed by atoms with van der Waals surface area (Å²) in [5.74, 6) is -1.03. The summed E-state index contributed by atoms with van der Waals surface area (Å²) in [5.41, 5.74) is 0.165. The molecule has 5 heteroatoms. The Morgan fingerprint density at radius 1 is 1.55 bits per heavy atom. The molecule has 1 saturated heterocycles. The van der Waals surface area contributed by atoms with Gasteiger partial charge in [-0.3, -0.25) is 9.69 Å². The average Bonchev–Trinajstić information content (AvgIpc) is 2.77. The summed E-state index contributed by atoms with van der Waals surface area (Å²) in [7, 11) is 0. The van der Waals surface area contributed by atoms with Crippen LogP contribution >= 0.6 is 15.9 Å². The molecule has 20 heavy (non-hydrogen) atoms. The first kappa shape index (κ1) is 15.4. The lowest BCUT2D eigenvalue weighted by atomic mass is 9.90. The number of benzene rings is 1. The molecule has 1 N–H and O–H groups in total. The summed E-state index contributed by atoms with van der Waals surface area (Å²) in [6.07, 6.45) is 3.08. The number of carboxylic acid groups (broad SMARTS) is 1. The summed E-state index contributed by atoms with van der Waals surface area (Å²) in [6, 6.07) is 4.56. The van der Waals surface area contributed by atoms with Crippen LogP contribution in [0.4, 0.5) is 4.39 Å². The molecule has 0 saturated carbocycles. The maximum Gasteiger partial charge on any atom is 0.324 e. The lowest BCUT2D eigenvalue weighted by Gasteiger charge is -2.35. The van der Waals surface area contributed by atoms with Gasteiger partial charge in [0.05, 0.1) is 0 Å². The molecule has 1 aromatic carbocycles. The van der Waals surface area contributed by atoms with Crippen molar-refractivity contribution in [2.45, 2.75) is 44.7 Å². The molecule has 0 radical (unpaired) electrons. The molecular formula is C15H19BrFNO2. The summed E-state index contributed by atoms with van der Waals surface area (Å²) < 4.78 is 13.8. The summed E-state index contributed by atoms with van der Waals surface area (Å²) in [6.45, 7) is 3.32. The second kappa shape index (κ2) is 6.22. The third-order valence-electron chi connectivity index (χ3n) is 4.06. The van der Waals surface area contributed by atoms with Crippen LogP contribution in [0.3, 0.4) is 0 Å². The lowest BCUT2D eigenvalue weighted by molar-refractivity contribution is -0.150. The van der Waals surface area contributed by atoms with E-state index in [1.807, 2.05) is 11.8 Å². The van der Waals surface area contributed by atoms with Gasteiger partial charge in [0, 0.05) is 11.0 Å². The summed E-state index contributed by atoms with van der Waals surface area (Å²) in [5, 5.41) is 9.64. The van der Waals surface area contributed by atoms with Crippen molar-refractivity contribution in [3.63, 3.8) is 0 Å². The van der Waals surface area contributed by atoms with Crippen molar-refractivity contribution < 1.29 is 14.3 Å². The van der Waals surface area contributed by atoms with E-state index in [4.69, 9.17) is 0 Å². The van der Waals surface area contributed by atoms with Gasteiger partial charge in [0.1, 0.15) is 11.4 Å². The minimum absolute atomic E-state index is 0.292. The number of halogens is 2. The van der Waals surface area contributed by atoms with Crippen LogP contribution in [0.25, 0.3) is 0 Å². The van der Waals surface area contributed by atoms with E-state index in [9.17, 15) is 14.3 Å². The van der Waals surface area contributed by atoms with Crippen LogP contribution in [0.1, 0.15) is 38.2 Å². The fourth-order valence-electron chi connectivity index (χ4n) is 3.07. The van der Waals surface area contributed by atoms with E-state index in [-0.39, 0.29) is 5.82 Å². The van der Waals surface area contributed by atoms with E-state index < -0.39 is 11.5 Å². The first-order valence-corrected chi connectivity index (χ1v) is 7.71. The van der Waals surface area contributed by atoms with Crippen molar-refractivity contribution in [3.8, 4) is 0 Å². The predicted octanol–water partition coefficient (Wildman–Crippen LogP) is 3.81. The van der Waals surface area contributed by atoms with Crippen molar-refractivity contribution >= 4 is 21.9 Å². The van der Waals surface area contributed by atoms with Gasteiger partial charge in [0.2, 0.25) is 0 Å². The van der Waals surface area contributed by atoms with Crippen molar-refractivity contribution in [1.29, 1.82) is 0 Å². The van der Waals surface area contributed by atoms with Gasteiger partial charge in [-0.1, -0.05) is 35.3 Å². The van der Waals surface area contributed by atoms with E-state index in [2.05, 4.69) is 15.9 Å². The molecule has 3 nitrogen and oxygen atoms in total. The Balaban J connectivity index is 2.24. The molecule has 1 aliphatic rings. The second-order valence-electron chi connectivity index (χ2n) is 5.35. The van der Waals surface area contributed by atoms with Gasteiger partial charge in [0.25, 0.3) is 0 Å². The number of carboxylic acids is 1. The van der Waals surface area contributed by atoms with Crippen molar-refractivity contribution in [3.05, 3.63) is 34.1 Å². The van der Waals surface area contributed by atoms with Crippen molar-refractivity contribution in [2.24, 2.45) is 0 Å². The molecule has 0 aromatic heterocycles. The Hall–Kier alpha value is -0.940. The van der Waals surface area contributed by atoms with E-state index >= 15 is 0 Å². The van der Waals surface area contributed by atoms with Crippen LogP contribution in [0.5, 0.6) is 0 Å². The second-order valence-corrected chi connectivity index (χ2v) is 6.20. The maximum absolute atomic E-state index is 13.1. The molecule has 2 rings (SSSR count). The number of hydrogen-bond donors (Lipinski definition) is 1. The van der Waals surface area contributed by atoms with E-state index in [1.165, 1.54) is 12.1 Å². The quantitative estimate of drug-likeness (QED) is 0.883. The minimum atomic E-state index is -0.761. The number of carbonyl (C=O) groups is 1. The molecule has 1 heterocycles. The third kappa shape index (κ3) is 2.88. The van der Waals surface area contributed by atoms with Crippen LogP contribution in [0, 0.1) is 5.82 Å². The largest absolute Gasteiger partial charge is 0.480 e. The number of likely N-dealkylation sites (tertiary alicyclic amines) is 1. The van der Waals surface area contributed by atoms with E-state index in [1.54, 1.807) is 6.07 Å². The highest BCUT2D eigenvalue weighted by atomic mass is 79.9. The number of aliphatic carboxylic acids is 1. The molecule has 1 aliphatic heterocycles. The standard InChI is InChI=1S/C15H19BrFNO2/c1-2-6-15(14(19)20)7-3-8-18(15)10-11-4-5-12(17)9-13(11)16/h4-5,9H,2-3,6-8,10H2,1H3,(H,19,20). The van der Waals surface area contributed by atoms with E-state index in [0.29, 0.717) is 23.9 Å². The van der Waals surface area contributed by atoms with E-state index in [0.717, 1.165) is 24.9 Å². The van der Waals surface area contributed by atoms with Gasteiger partial charge in [-0.2, -0.15) is 0 Å². The zero-order valence-electron chi connectivity index (χ0n) is 11.5. The van der Waals surface area contributed by atoms with Gasteiger partial charge in [0.15, 0.2) is 0 Å². The van der Waals surface area contributed by atoms with Crippen molar-refractivity contribution in [2.75, 3.05) is 6.54 Å². The van der Waals surface area contributed by atoms with Crippen LogP contribution < -0.4 is 0 Å². The molecule has 0 aliphatic carbocycles. The number of rotatable bonds is 5. The minimum Gasteiger partial charge on any atom is -0.480 e. The Kier molecular flexibility index (Phi) is 4.81. The van der Waals surface area contributed by atoms with Gasteiger partial charge in [-0.05, 0) is 43.5 Å². The smallest absolute Gasteiger partial charge is 0.324 e. The van der Waals surface area contributed by atoms with Crippen molar-refractivity contribution in [1.82, 2.24) is 4.90 Å². The van der Waals surface area contributed by atoms with Gasteiger partial charge < -0.3 is 5.11 Å². The van der Waals surface area contributed by atoms with Crippen LogP contribution in [-0.4, -0.2) is 28.1 Å². The highest BCUT2D eigenvalue weighted by molar-refractivity contribution is 9.10. The SMILES string of the molecule is CCCC1(C(=O)O)CCCN1Cc1ccc(F)cc1Br. The fraction of sp³-hybridized carbons (Fsp3) is 0.533.